The number of ether oxygens (including phenoxy) is 7. The van der Waals surface area contributed by atoms with E-state index in [1.165, 1.54) is 12.1 Å². The van der Waals surface area contributed by atoms with Gasteiger partial charge in [0.2, 0.25) is 0 Å². The van der Waals surface area contributed by atoms with Gasteiger partial charge in [-0.3, -0.25) is 4.79 Å². The molecule has 0 aliphatic heterocycles. The third-order valence-corrected chi connectivity index (χ3v) is 4.97. The standard InChI is InChI=1S/C28H43NO11/c1-8-9-19(6)37-28(33)38-20(7)16-34-25(30)22(29)12-21-10-11-23(39-26(31)35-14-17(2)3)24(13-21)40-27(32)36-15-18(4)5/h10-11,13,17-20,22H,8-9,12,14-16,29H2,1-7H3/t19?,20-,22-/m0/s1. The summed E-state index contributed by atoms with van der Waals surface area (Å²) in [6.07, 6.45) is -2.28. The van der Waals surface area contributed by atoms with Crippen molar-refractivity contribution in [2.45, 2.75) is 86.0 Å². The Morgan fingerprint density at radius 2 is 1.27 bits per heavy atom. The van der Waals surface area contributed by atoms with Gasteiger partial charge in [0.05, 0.1) is 13.2 Å². The maximum absolute atomic E-state index is 12.4. The molecular weight excluding hydrogens is 526 g/mol. The van der Waals surface area contributed by atoms with E-state index >= 15 is 0 Å². The SMILES string of the molecule is CCCC(C)OC(=O)O[C@@H](C)COC(=O)[C@@H](N)Cc1ccc(OC(=O)OCC(C)C)c(OC(=O)OCC(C)C)c1. The predicted octanol–water partition coefficient (Wildman–Crippen LogP) is 5.17. The largest absolute Gasteiger partial charge is 0.513 e. The first-order chi connectivity index (χ1) is 18.8. The van der Waals surface area contributed by atoms with Gasteiger partial charge in [0.15, 0.2) is 11.5 Å². The fraction of sp³-hybridized carbons (Fsp3) is 0.643. The molecule has 0 aromatic heterocycles. The molecule has 1 rings (SSSR count). The number of esters is 1. The Morgan fingerprint density at radius 1 is 0.725 bits per heavy atom. The number of hydrogen-bond acceptors (Lipinski definition) is 12. The minimum atomic E-state index is -1.09. The Labute approximate surface area is 235 Å². The van der Waals surface area contributed by atoms with Crippen LogP contribution in [0.5, 0.6) is 11.5 Å². The van der Waals surface area contributed by atoms with Crippen molar-refractivity contribution in [2.24, 2.45) is 17.6 Å². The monoisotopic (exact) mass is 569 g/mol. The van der Waals surface area contributed by atoms with E-state index in [1.54, 1.807) is 19.9 Å². The molecule has 0 bridgehead atoms. The molecule has 1 aromatic rings. The quantitative estimate of drug-likeness (QED) is 0.168. The Kier molecular flexibility index (Phi) is 15.5. The van der Waals surface area contributed by atoms with Crippen LogP contribution in [0.3, 0.4) is 0 Å². The smallest absolute Gasteiger partial charge is 0.461 e. The highest BCUT2D eigenvalue weighted by atomic mass is 16.8. The van der Waals surface area contributed by atoms with Crippen LogP contribution in [0.15, 0.2) is 18.2 Å². The van der Waals surface area contributed by atoms with Gasteiger partial charge in [-0.2, -0.15) is 0 Å². The molecule has 0 aliphatic rings. The Morgan fingerprint density at radius 3 is 1.82 bits per heavy atom. The lowest BCUT2D eigenvalue weighted by molar-refractivity contribution is -0.148. The zero-order valence-electron chi connectivity index (χ0n) is 24.4. The van der Waals surface area contributed by atoms with Crippen molar-refractivity contribution in [2.75, 3.05) is 19.8 Å². The van der Waals surface area contributed by atoms with Crippen LogP contribution in [0.1, 0.15) is 66.9 Å². The van der Waals surface area contributed by atoms with E-state index in [9.17, 15) is 19.2 Å². The summed E-state index contributed by atoms with van der Waals surface area (Å²) in [5.41, 5.74) is 6.49. The average molecular weight is 570 g/mol. The molecule has 12 heteroatoms. The highest BCUT2D eigenvalue weighted by Crippen LogP contribution is 2.30. The number of carbonyl (C=O) groups is 4. The molecule has 2 N–H and O–H groups in total. The molecule has 3 atom stereocenters. The number of hydrogen-bond donors (Lipinski definition) is 1. The van der Waals surface area contributed by atoms with Crippen LogP contribution in [0.25, 0.3) is 0 Å². The molecule has 0 saturated heterocycles. The van der Waals surface area contributed by atoms with Crippen LogP contribution < -0.4 is 15.2 Å². The zero-order valence-corrected chi connectivity index (χ0v) is 24.4. The van der Waals surface area contributed by atoms with Crippen LogP contribution in [-0.2, 0) is 34.9 Å². The number of carbonyl (C=O) groups excluding carboxylic acids is 4. The van der Waals surface area contributed by atoms with Crippen molar-refractivity contribution in [3.63, 3.8) is 0 Å². The summed E-state index contributed by atoms with van der Waals surface area (Å²) in [4.78, 5) is 48.5. The van der Waals surface area contributed by atoms with Gasteiger partial charge in [-0.1, -0.05) is 47.1 Å². The second kappa shape index (κ2) is 17.9. The summed E-state index contributed by atoms with van der Waals surface area (Å²) in [7, 11) is 0. The molecule has 0 fully saturated rings. The maximum Gasteiger partial charge on any atom is 0.513 e. The fourth-order valence-electron chi connectivity index (χ4n) is 3.05. The van der Waals surface area contributed by atoms with Gasteiger partial charge in [-0.25, -0.2) is 14.4 Å². The van der Waals surface area contributed by atoms with Crippen molar-refractivity contribution in [3.8, 4) is 11.5 Å². The van der Waals surface area contributed by atoms with Crippen molar-refractivity contribution in [1.29, 1.82) is 0 Å². The third-order valence-electron chi connectivity index (χ3n) is 4.97. The van der Waals surface area contributed by atoms with Crippen molar-refractivity contribution >= 4 is 24.4 Å². The number of nitrogens with two attached hydrogens (primary N) is 1. The highest BCUT2D eigenvalue weighted by molar-refractivity contribution is 5.76. The van der Waals surface area contributed by atoms with E-state index in [0.717, 1.165) is 6.42 Å². The molecule has 226 valence electrons. The van der Waals surface area contributed by atoms with E-state index in [2.05, 4.69) is 0 Å². The second-order valence-electron chi connectivity index (χ2n) is 10.2. The summed E-state index contributed by atoms with van der Waals surface area (Å²) >= 11 is 0. The summed E-state index contributed by atoms with van der Waals surface area (Å²) in [6.45, 7) is 12.8. The maximum atomic E-state index is 12.4. The van der Waals surface area contributed by atoms with Crippen molar-refractivity contribution in [3.05, 3.63) is 23.8 Å². The minimum absolute atomic E-state index is 0.000122. The molecule has 1 aromatic carbocycles. The normalized spacial score (nSPS) is 13.2. The summed E-state index contributed by atoms with van der Waals surface area (Å²) < 4.78 is 35.9. The van der Waals surface area contributed by atoms with E-state index in [0.29, 0.717) is 12.0 Å². The van der Waals surface area contributed by atoms with Crippen LogP contribution >= 0.6 is 0 Å². The van der Waals surface area contributed by atoms with Gasteiger partial charge in [-0.05, 0) is 56.2 Å². The molecule has 0 aliphatic carbocycles. The summed E-state index contributed by atoms with van der Waals surface area (Å²) in [5.74, 6) is -0.768. The van der Waals surface area contributed by atoms with Crippen molar-refractivity contribution < 1.29 is 52.3 Å². The topological polar surface area (TPSA) is 159 Å². The first-order valence-corrected chi connectivity index (χ1v) is 13.4. The Bertz CT molecular complexity index is 964. The molecule has 12 nitrogen and oxygen atoms in total. The molecule has 0 saturated carbocycles. The summed E-state index contributed by atoms with van der Waals surface area (Å²) in [6, 6.07) is 3.24. The van der Waals surface area contributed by atoms with Gasteiger partial charge < -0.3 is 38.9 Å². The van der Waals surface area contributed by atoms with Gasteiger partial charge in [0.25, 0.3) is 0 Å². The molecule has 1 unspecified atom stereocenters. The van der Waals surface area contributed by atoms with E-state index in [1.807, 2.05) is 34.6 Å². The lowest BCUT2D eigenvalue weighted by Crippen LogP contribution is -2.36. The molecule has 0 spiro atoms. The number of benzene rings is 1. The highest BCUT2D eigenvalue weighted by Gasteiger charge is 2.22. The lowest BCUT2D eigenvalue weighted by atomic mass is 10.1. The molecule has 0 heterocycles. The molecule has 0 radical (unpaired) electrons. The van der Waals surface area contributed by atoms with Crippen molar-refractivity contribution in [1.82, 2.24) is 0 Å². The van der Waals surface area contributed by atoms with Gasteiger partial charge in [0, 0.05) is 0 Å². The molecule has 40 heavy (non-hydrogen) atoms. The van der Waals surface area contributed by atoms with E-state index in [4.69, 9.17) is 38.9 Å². The zero-order chi connectivity index (χ0) is 30.2. The van der Waals surface area contributed by atoms with E-state index < -0.39 is 36.6 Å². The van der Waals surface area contributed by atoms with Gasteiger partial charge >= 0.3 is 24.4 Å². The first kappa shape index (κ1) is 34.5. The third kappa shape index (κ3) is 14.6. The number of rotatable bonds is 15. The fourth-order valence-corrected chi connectivity index (χ4v) is 3.05. The molecule has 0 amide bonds. The average Bonchev–Trinajstić information content (AvgIpc) is 2.86. The van der Waals surface area contributed by atoms with Crippen LogP contribution in [0.2, 0.25) is 0 Å². The van der Waals surface area contributed by atoms with Gasteiger partial charge in [0.1, 0.15) is 24.9 Å². The minimum Gasteiger partial charge on any atom is -0.461 e. The first-order valence-electron chi connectivity index (χ1n) is 13.4. The molecular formula is C28H43NO11. The van der Waals surface area contributed by atoms with Crippen LogP contribution in [-0.4, -0.2) is 62.5 Å². The Balaban J connectivity index is 2.80. The lowest BCUT2D eigenvalue weighted by Gasteiger charge is -2.18. The van der Waals surface area contributed by atoms with E-state index in [-0.39, 0.29) is 55.7 Å². The predicted molar refractivity (Wildman–Crippen MR) is 144 cm³/mol. The second-order valence-corrected chi connectivity index (χ2v) is 10.2. The summed E-state index contributed by atoms with van der Waals surface area (Å²) in [5, 5.41) is 0. The van der Waals surface area contributed by atoms with Crippen LogP contribution in [0.4, 0.5) is 14.4 Å². The van der Waals surface area contributed by atoms with Gasteiger partial charge in [-0.15, -0.1) is 0 Å². The Hall–Kier alpha value is -3.54. The van der Waals surface area contributed by atoms with Crippen LogP contribution in [0, 0.1) is 11.8 Å².